The van der Waals surface area contributed by atoms with Gasteiger partial charge in [0.25, 0.3) is 11.4 Å². The molecular weight excluding hydrogens is 404 g/mol. The number of nitrogens with zero attached hydrogens (tertiary/aromatic N) is 4. The van der Waals surface area contributed by atoms with E-state index in [1.165, 1.54) is 0 Å². The molecule has 0 radical (unpaired) electrons. The largest absolute Gasteiger partial charge is 0.481 e. The van der Waals surface area contributed by atoms with E-state index in [0.717, 1.165) is 17.5 Å². The third kappa shape index (κ3) is 3.93. The summed E-state index contributed by atoms with van der Waals surface area (Å²) < 4.78 is 13.0. The monoisotopic (exact) mass is 424 g/mol. The SMILES string of the molecule is CCCn1c(=O)c(C)nc2cc(-c3noc([C@H](C)Oc4cccc(Cl)c4)n3)ccc21. The summed E-state index contributed by atoms with van der Waals surface area (Å²) in [7, 11) is 0. The first-order valence-corrected chi connectivity index (χ1v) is 10.1. The van der Waals surface area contributed by atoms with E-state index < -0.39 is 6.10 Å². The minimum Gasteiger partial charge on any atom is -0.481 e. The molecular formula is C22H21ClN4O3. The molecule has 0 spiro atoms. The first-order valence-electron chi connectivity index (χ1n) is 9.73. The van der Waals surface area contributed by atoms with Crippen LogP contribution in [0.2, 0.25) is 5.02 Å². The first-order chi connectivity index (χ1) is 14.5. The summed E-state index contributed by atoms with van der Waals surface area (Å²) in [6.07, 6.45) is 0.416. The number of halogens is 1. The third-order valence-electron chi connectivity index (χ3n) is 4.71. The molecule has 2 aromatic heterocycles. The van der Waals surface area contributed by atoms with Crippen molar-refractivity contribution in [3.05, 3.63) is 69.4 Å². The number of rotatable bonds is 6. The van der Waals surface area contributed by atoms with Crippen LogP contribution in [0.25, 0.3) is 22.4 Å². The van der Waals surface area contributed by atoms with Gasteiger partial charge in [0.2, 0.25) is 5.82 Å². The van der Waals surface area contributed by atoms with Crippen molar-refractivity contribution in [2.24, 2.45) is 0 Å². The van der Waals surface area contributed by atoms with Crippen molar-refractivity contribution in [2.45, 2.75) is 39.8 Å². The molecule has 0 unspecified atom stereocenters. The van der Waals surface area contributed by atoms with Gasteiger partial charge in [-0.05, 0) is 56.7 Å². The van der Waals surface area contributed by atoms with Gasteiger partial charge < -0.3 is 13.8 Å². The number of hydrogen-bond donors (Lipinski definition) is 0. The molecule has 0 aliphatic heterocycles. The Morgan fingerprint density at radius 3 is 2.80 bits per heavy atom. The molecule has 2 heterocycles. The fourth-order valence-electron chi connectivity index (χ4n) is 3.27. The summed E-state index contributed by atoms with van der Waals surface area (Å²) >= 11 is 6.00. The highest BCUT2D eigenvalue weighted by Crippen LogP contribution is 2.26. The Hall–Kier alpha value is -3.19. The average Bonchev–Trinajstić information content (AvgIpc) is 3.21. The van der Waals surface area contributed by atoms with Crippen molar-refractivity contribution in [1.29, 1.82) is 0 Å². The topological polar surface area (TPSA) is 83.0 Å². The van der Waals surface area contributed by atoms with E-state index in [9.17, 15) is 4.79 Å². The van der Waals surface area contributed by atoms with Crippen LogP contribution in [0.1, 0.15) is 38.0 Å². The highest BCUT2D eigenvalue weighted by Gasteiger charge is 2.18. The lowest BCUT2D eigenvalue weighted by Crippen LogP contribution is -2.24. The molecule has 0 aliphatic rings. The minimum absolute atomic E-state index is 0.0639. The van der Waals surface area contributed by atoms with E-state index >= 15 is 0 Å². The summed E-state index contributed by atoms with van der Waals surface area (Å²) in [5.41, 5.74) is 2.66. The predicted molar refractivity (Wildman–Crippen MR) is 115 cm³/mol. The molecule has 1 atom stereocenters. The Balaban J connectivity index is 1.64. The van der Waals surface area contributed by atoms with Gasteiger partial charge in [-0.1, -0.05) is 29.7 Å². The molecule has 30 heavy (non-hydrogen) atoms. The maximum atomic E-state index is 12.4. The van der Waals surface area contributed by atoms with Gasteiger partial charge in [0.05, 0.1) is 11.0 Å². The Labute approximate surface area is 178 Å². The number of aromatic nitrogens is 4. The molecule has 7 nitrogen and oxygen atoms in total. The van der Waals surface area contributed by atoms with Crippen molar-refractivity contribution in [2.75, 3.05) is 0 Å². The van der Waals surface area contributed by atoms with Crippen LogP contribution in [0.4, 0.5) is 0 Å². The fourth-order valence-corrected chi connectivity index (χ4v) is 3.45. The van der Waals surface area contributed by atoms with Crippen LogP contribution in [-0.2, 0) is 6.54 Å². The van der Waals surface area contributed by atoms with Gasteiger partial charge in [-0.25, -0.2) is 4.98 Å². The lowest BCUT2D eigenvalue weighted by atomic mass is 10.1. The molecule has 0 aliphatic carbocycles. The zero-order chi connectivity index (χ0) is 21.3. The Bertz CT molecular complexity index is 1260. The number of hydrogen-bond acceptors (Lipinski definition) is 6. The second kappa shape index (κ2) is 8.28. The predicted octanol–water partition coefficient (Wildman–Crippen LogP) is 4.96. The second-order valence-corrected chi connectivity index (χ2v) is 7.47. The van der Waals surface area contributed by atoms with E-state index in [4.69, 9.17) is 20.9 Å². The molecule has 4 aromatic rings. The maximum absolute atomic E-state index is 12.4. The summed E-state index contributed by atoms with van der Waals surface area (Å²) in [5, 5.41) is 4.67. The van der Waals surface area contributed by atoms with Crippen molar-refractivity contribution in [1.82, 2.24) is 19.7 Å². The normalized spacial score (nSPS) is 12.3. The van der Waals surface area contributed by atoms with Crippen LogP contribution in [-0.4, -0.2) is 19.7 Å². The van der Waals surface area contributed by atoms with Crippen LogP contribution in [0, 0.1) is 6.92 Å². The second-order valence-electron chi connectivity index (χ2n) is 7.03. The Morgan fingerprint density at radius 2 is 2.03 bits per heavy atom. The van der Waals surface area contributed by atoms with Gasteiger partial charge in [-0.15, -0.1) is 0 Å². The van der Waals surface area contributed by atoms with Crippen molar-refractivity contribution >= 4 is 22.6 Å². The maximum Gasteiger partial charge on any atom is 0.272 e. The van der Waals surface area contributed by atoms with E-state index in [1.54, 1.807) is 23.6 Å². The van der Waals surface area contributed by atoms with E-state index in [2.05, 4.69) is 15.1 Å². The van der Waals surface area contributed by atoms with Crippen LogP contribution in [0.5, 0.6) is 5.75 Å². The summed E-state index contributed by atoms with van der Waals surface area (Å²) in [5.74, 6) is 1.40. The molecule has 2 aromatic carbocycles. The van der Waals surface area contributed by atoms with Gasteiger partial charge in [0.1, 0.15) is 11.4 Å². The van der Waals surface area contributed by atoms with E-state index in [1.807, 2.05) is 44.2 Å². The lowest BCUT2D eigenvalue weighted by molar-refractivity contribution is 0.176. The summed E-state index contributed by atoms with van der Waals surface area (Å²) in [6, 6.07) is 12.7. The summed E-state index contributed by atoms with van der Waals surface area (Å²) in [6.45, 7) is 6.23. The van der Waals surface area contributed by atoms with E-state index in [0.29, 0.717) is 40.2 Å². The smallest absolute Gasteiger partial charge is 0.272 e. The van der Waals surface area contributed by atoms with Gasteiger partial charge in [0, 0.05) is 17.1 Å². The van der Waals surface area contributed by atoms with E-state index in [-0.39, 0.29) is 5.56 Å². The zero-order valence-electron chi connectivity index (χ0n) is 16.9. The fraction of sp³-hybridized carbons (Fsp3) is 0.273. The zero-order valence-corrected chi connectivity index (χ0v) is 17.7. The van der Waals surface area contributed by atoms with Gasteiger partial charge in [-0.3, -0.25) is 4.79 Å². The number of benzene rings is 2. The van der Waals surface area contributed by atoms with Crippen LogP contribution in [0.3, 0.4) is 0 Å². The molecule has 8 heteroatoms. The number of ether oxygens (including phenoxy) is 1. The number of fused-ring (bicyclic) bond motifs is 1. The highest BCUT2D eigenvalue weighted by atomic mass is 35.5. The Kier molecular flexibility index (Phi) is 5.55. The molecule has 0 fully saturated rings. The lowest BCUT2D eigenvalue weighted by Gasteiger charge is -2.11. The van der Waals surface area contributed by atoms with Gasteiger partial charge in [-0.2, -0.15) is 4.98 Å². The molecule has 0 amide bonds. The quantitative estimate of drug-likeness (QED) is 0.435. The van der Waals surface area contributed by atoms with Crippen molar-refractivity contribution in [3.63, 3.8) is 0 Å². The molecule has 0 bridgehead atoms. The highest BCUT2D eigenvalue weighted by molar-refractivity contribution is 6.30. The minimum atomic E-state index is -0.444. The number of aryl methyl sites for hydroxylation is 2. The molecule has 0 N–H and O–H groups in total. The van der Waals surface area contributed by atoms with Crippen LogP contribution in [0.15, 0.2) is 51.8 Å². The molecule has 4 rings (SSSR count). The first kappa shape index (κ1) is 20.1. The third-order valence-corrected chi connectivity index (χ3v) is 4.95. The average molecular weight is 425 g/mol. The molecule has 154 valence electrons. The van der Waals surface area contributed by atoms with Gasteiger partial charge >= 0.3 is 0 Å². The van der Waals surface area contributed by atoms with Crippen LogP contribution >= 0.6 is 11.6 Å². The summed E-state index contributed by atoms with van der Waals surface area (Å²) in [4.78, 5) is 21.3. The Morgan fingerprint density at radius 1 is 1.20 bits per heavy atom. The van der Waals surface area contributed by atoms with Crippen molar-refractivity contribution in [3.8, 4) is 17.1 Å². The van der Waals surface area contributed by atoms with Crippen molar-refractivity contribution < 1.29 is 9.26 Å². The standard InChI is InChI=1S/C22H21ClN4O3/c1-4-10-27-19-9-8-15(11-18(19)24-13(2)22(27)28)20-25-21(30-26-20)14(3)29-17-7-5-6-16(23)12-17/h5-9,11-12,14H,4,10H2,1-3H3/t14-/m0/s1. The van der Waals surface area contributed by atoms with Crippen LogP contribution < -0.4 is 10.3 Å². The molecule has 0 saturated heterocycles. The van der Waals surface area contributed by atoms with Gasteiger partial charge in [0.15, 0.2) is 6.10 Å². The molecule has 0 saturated carbocycles.